The van der Waals surface area contributed by atoms with E-state index in [-0.39, 0.29) is 5.78 Å². The van der Waals surface area contributed by atoms with Gasteiger partial charge in [-0.3, -0.25) is 4.79 Å². The monoisotopic (exact) mass is 279 g/mol. The van der Waals surface area contributed by atoms with E-state index in [0.29, 0.717) is 0 Å². The third kappa shape index (κ3) is 5.53. The average Bonchev–Trinajstić information content (AvgIpc) is 2.56. The molecule has 0 amide bonds. The molecule has 0 spiro atoms. The second kappa shape index (κ2) is 8.83. The second-order valence-corrected chi connectivity index (χ2v) is 3.78. The first-order valence-electron chi connectivity index (χ1n) is 6.06. The highest BCUT2D eigenvalue weighted by Gasteiger charge is 2.06. The maximum atomic E-state index is 11.8. The van der Waals surface area contributed by atoms with Crippen LogP contribution in [0, 0.1) is 11.5 Å². The van der Waals surface area contributed by atoms with Crippen LogP contribution in [0.15, 0.2) is 73.3 Å². The summed E-state index contributed by atoms with van der Waals surface area (Å²) in [6, 6.07) is 18.6. The van der Waals surface area contributed by atoms with E-state index < -0.39 is 5.97 Å². The summed E-state index contributed by atoms with van der Waals surface area (Å²) in [4.78, 5) is 21.7. The van der Waals surface area contributed by atoms with E-state index >= 15 is 0 Å². The van der Waals surface area contributed by atoms with E-state index in [1.165, 1.54) is 6.26 Å². The zero-order chi connectivity index (χ0) is 15.5. The first kappa shape index (κ1) is 15.9. The summed E-state index contributed by atoms with van der Waals surface area (Å²) in [6.45, 7) is 3.05. The maximum absolute atomic E-state index is 11.8. The van der Waals surface area contributed by atoms with Crippen LogP contribution < -0.4 is 0 Å². The molecule has 0 aliphatic heterocycles. The minimum absolute atomic E-state index is 0.0752. The highest BCUT2D eigenvalue weighted by molar-refractivity contribution is 6.08. The first-order valence-corrected chi connectivity index (χ1v) is 6.06. The smallest absolute Gasteiger partial charge is 0.345 e. The number of rotatable bonds is 3. The molecule has 21 heavy (non-hydrogen) atoms. The van der Waals surface area contributed by atoms with Crippen molar-refractivity contribution in [3.8, 4) is 6.26 Å². The van der Waals surface area contributed by atoms with Crippen molar-refractivity contribution in [2.45, 2.75) is 0 Å². The van der Waals surface area contributed by atoms with Crippen LogP contribution in [-0.2, 0) is 9.53 Å². The van der Waals surface area contributed by atoms with Gasteiger partial charge in [0.05, 0.1) is 0 Å². The van der Waals surface area contributed by atoms with Crippen molar-refractivity contribution in [2.75, 3.05) is 0 Å². The molecule has 0 N–H and O–H groups in total. The van der Waals surface area contributed by atoms with Crippen LogP contribution >= 0.6 is 0 Å². The van der Waals surface area contributed by atoms with Gasteiger partial charge < -0.3 is 4.74 Å². The quantitative estimate of drug-likeness (QED) is 0.375. The molecule has 4 heteroatoms. The molecular weight excluding hydrogens is 266 g/mol. The fourth-order valence-corrected chi connectivity index (χ4v) is 1.43. The van der Waals surface area contributed by atoms with Crippen molar-refractivity contribution < 1.29 is 14.3 Å². The van der Waals surface area contributed by atoms with Gasteiger partial charge in [0, 0.05) is 17.2 Å². The number of esters is 1. The van der Waals surface area contributed by atoms with E-state index in [4.69, 9.17) is 5.26 Å². The number of nitriles is 1. The Labute approximate surface area is 122 Å². The fraction of sp³-hybridized carbons (Fsp3) is 0. The van der Waals surface area contributed by atoms with Crippen molar-refractivity contribution in [1.29, 1.82) is 5.26 Å². The lowest BCUT2D eigenvalue weighted by molar-refractivity contribution is -0.131. The number of hydrogen-bond acceptors (Lipinski definition) is 4. The molecule has 0 bridgehead atoms. The van der Waals surface area contributed by atoms with Crippen molar-refractivity contribution in [3.63, 3.8) is 0 Å². The lowest BCUT2D eigenvalue weighted by atomic mass is 10.0. The molecule has 4 nitrogen and oxygen atoms in total. The van der Waals surface area contributed by atoms with Gasteiger partial charge >= 0.3 is 5.97 Å². The van der Waals surface area contributed by atoms with E-state index in [2.05, 4.69) is 11.3 Å². The van der Waals surface area contributed by atoms with E-state index in [9.17, 15) is 9.59 Å². The molecule has 0 unspecified atom stereocenters. The molecule has 0 aromatic heterocycles. The summed E-state index contributed by atoms with van der Waals surface area (Å²) in [6.07, 6.45) is 2.12. The zero-order valence-electron chi connectivity index (χ0n) is 11.2. The number of ether oxygens (including phenoxy) is 1. The van der Waals surface area contributed by atoms with E-state index in [1.807, 2.05) is 60.7 Å². The summed E-state index contributed by atoms with van der Waals surface area (Å²) in [5.41, 5.74) is 1.47. The Kier molecular flexibility index (Phi) is 6.67. The summed E-state index contributed by atoms with van der Waals surface area (Å²) >= 11 is 0. The molecule has 2 rings (SSSR count). The number of hydrogen-bond donors (Lipinski definition) is 0. The molecule has 104 valence electrons. The topological polar surface area (TPSA) is 67.2 Å². The molecule has 2 aromatic rings. The minimum atomic E-state index is -0.720. The molecule has 0 saturated carbocycles. The normalized spacial score (nSPS) is 8.52. The summed E-state index contributed by atoms with van der Waals surface area (Å²) in [5.74, 6) is -0.645. The molecule has 0 aliphatic rings. The molecule has 0 fully saturated rings. The van der Waals surface area contributed by atoms with Gasteiger partial charge in [-0.15, -0.1) is 5.26 Å². The summed E-state index contributed by atoms with van der Waals surface area (Å²) < 4.78 is 3.74. The van der Waals surface area contributed by atoms with Crippen LogP contribution in [0.2, 0.25) is 0 Å². The molecular formula is C17H13NO3. The lowest BCUT2D eigenvalue weighted by Crippen LogP contribution is -1.99. The van der Waals surface area contributed by atoms with Crippen LogP contribution in [0.5, 0.6) is 0 Å². The number of benzene rings is 2. The number of ketones is 1. The molecule has 0 heterocycles. The Balaban J connectivity index is 0.000000270. The first-order chi connectivity index (χ1) is 10.2. The van der Waals surface area contributed by atoms with E-state index in [0.717, 1.165) is 17.2 Å². The second-order valence-electron chi connectivity index (χ2n) is 3.78. The fourth-order valence-electron chi connectivity index (χ4n) is 1.43. The van der Waals surface area contributed by atoms with Gasteiger partial charge in [-0.05, 0) is 0 Å². The van der Waals surface area contributed by atoms with Crippen LogP contribution in [-0.4, -0.2) is 11.8 Å². The van der Waals surface area contributed by atoms with Gasteiger partial charge in [-0.25, -0.2) is 4.79 Å². The zero-order valence-corrected chi connectivity index (χ0v) is 11.2. The number of carbonyl (C=O) groups excluding carboxylic acids is 2. The molecule has 0 aliphatic carbocycles. The Bertz CT molecular complexity index is 601. The SMILES string of the molecule is C=CC(=O)OC#N.O=C(c1ccccc1)c1ccccc1. The van der Waals surface area contributed by atoms with Gasteiger partial charge in [0.25, 0.3) is 6.26 Å². The highest BCUT2D eigenvalue weighted by Crippen LogP contribution is 2.08. The van der Waals surface area contributed by atoms with Crippen molar-refractivity contribution in [3.05, 3.63) is 84.4 Å². The Morgan fingerprint density at radius 2 is 1.38 bits per heavy atom. The summed E-state index contributed by atoms with van der Waals surface area (Å²) in [5, 5.41) is 7.63. The number of nitrogens with zero attached hydrogens (tertiary/aromatic N) is 1. The van der Waals surface area contributed by atoms with Crippen LogP contribution in [0.25, 0.3) is 0 Å². The van der Waals surface area contributed by atoms with Gasteiger partial charge in [0.15, 0.2) is 5.78 Å². The van der Waals surface area contributed by atoms with E-state index in [1.54, 1.807) is 0 Å². The number of carbonyl (C=O) groups is 2. The average molecular weight is 279 g/mol. The largest absolute Gasteiger partial charge is 0.347 e. The van der Waals surface area contributed by atoms with Gasteiger partial charge in [0.2, 0.25) is 0 Å². The Morgan fingerprint density at radius 3 is 1.67 bits per heavy atom. The lowest BCUT2D eigenvalue weighted by Gasteiger charge is -1.99. The molecule has 0 atom stereocenters. The van der Waals surface area contributed by atoms with Gasteiger partial charge in [0.1, 0.15) is 0 Å². The molecule has 2 aromatic carbocycles. The van der Waals surface area contributed by atoms with Gasteiger partial charge in [-0.2, -0.15) is 0 Å². The maximum Gasteiger partial charge on any atom is 0.345 e. The predicted octanol–water partition coefficient (Wildman–Crippen LogP) is 3.11. The van der Waals surface area contributed by atoms with Crippen LogP contribution in [0.1, 0.15) is 15.9 Å². The van der Waals surface area contributed by atoms with Crippen molar-refractivity contribution in [2.24, 2.45) is 0 Å². The van der Waals surface area contributed by atoms with Gasteiger partial charge in [-0.1, -0.05) is 67.2 Å². The van der Waals surface area contributed by atoms with Crippen LogP contribution in [0.3, 0.4) is 0 Å². The third-order valence-corrected chi connectivity index (χ3v) is 2.38. The van der Waals surface area contributed by atoms with Crippen molar-refractivity contribution in [1.82, 2.24) is 0 Å². The summed E-state index contributed by atoms with van der Waals surface area (Å²) in [7, 11) is 0. The minimum Gasteiger partial charge on any atom is -0.347 e. The Hall–Kier alpha value is -3.19. The molecule has 0 saturated heterocycles. The standard InChI is InChI=1S/C13H10O.C4H3NO2/c14-13(11-7-3-1-4-8-11)12-9-5-2-6-10-12;1-2-4(6)7-3-5/h1-10H;2H,1H2. The molecule has 0 radical (unpaired) electrons. The Morgan fingerprint density at radius 1 is 0.952 bits per heavy atom. The third-order valence-electron chi connectivity index (χ3n) is 2.38. The highest BCUT2D eigenvalue weighted by atomic mass is 16.5. The predicted molar refractivity (Wildman–Crippen MR) is 78.2 cm³/mol. The van der Waals surface area contributed by atoms with Crippen molar-refractivity contribution >= 4 is 11.8 Å². The van der Waals surface area contributed by atoms with Crippen LogP contribution in [0.4, 0.5) is 0 Å².